The summed E-state index contributed by atoms with van der Waals surface area (Å²) in [4.78, 5) is 14.6. The maximum atomic E-state index is 5.98. The first-order valence-corrected chi connectivity index (χ1v) is 11.7. The first-order chi connectivity index (χ1) is 15.6. The number of aromatic nitrogens is 2. The van der Waals surface area contributed by atoms with Crippen LogP contribution in [0.4, 0.5) is 5.82 Å². The maximum Gasteiger partial charge on any atom is 0.136 e. The van der Waals surface area contributed by atoms with E-state index in [9.17, 15) is 0 Å². The highest BCUT2D eigenvalue weighted by molar-refractivity contribution is 5.51. The SMILES string of the molecule is Cc1nc2c(c(N(Cc3ccc(C)o3)CC3CCCO3)n1)CCN(Cc1ccccc1)C2. The van der Waals surface area contributed by atoms with Crippen LogP contribution in [-0.4, -0.2) is 40.7 Å². The van der Waals surface area contributed by atoms with E-state index < -0.39 is 0 Å². The Balaban J connectivity index is 1.41. The van der Waals surface area contributed by atoms with Crippen molar-refractivity contribution in [3.8, 4) is 0 Å². The molecule has 0 amide bonds. The highest BCUT2D eigenvalue weighted by atomic mass is 16.5. The van der Waals surface area contributed by atoms with Crippen molar-refractivity contribution in [2.45, 2.75) is 58.8 Å². The summed E-state index contributed by atoms with van der Waals surface area (Å²) in [7, 11) is 0. The molecule has 168 valence electrons. The normalized spacial score (nSPS) is 18.6. The van der Waals surface area contributed by atoms with Crippen molar-refractivity contribution in [1.29, 1.82) is 0 Å². The van der Waals surface area contributed by atoms with Crippen LogP contribution < -0.4 is 4.90 Å². The van der Waals surface area contributed by atoms with Crippen LogP contribution >= 0.6 is 0 Å². The second kappa shape index (κ2) is 9.43. The van der Waals surface area contributed by atoms with Crippen molar-refractivity contribution in [2.24, 2.45) is 0 Å². The molecule has 0 N–H and O–H groups in total. The van der Waals surface area contributed by atoms with E-state index >= 15 is 0 Å². The van der Waals surface area contributed by atoms with Crippen molar-refractivity contribution in [1.82, 2.24) is 14.9 Å². The lowest BCUT2D eigenvalue weighted by atomic mass is 10.0. The fourth-order valence-corrected chi connectivity index (χ4v) is 4.84. The fraction of sp³-hybridized carbons (Fsp3) is 0.462. The van der Waals surface area contributed by atoms with Crippen molar-refractivity contribution < 1.29 is 9.15 Å². The monoisotopic (exact) mass is 432 g/mol. The summed E-state index contributed by atoms with van der Waals surface area (Å²) in [5.41, 5.74) is 3.78. The largest absolute Gasteiger partial charge is 0.464 e. The number of fused-ring (bicyclic) bond motifs is 1. The molecule has 1 saturated heterocycles. The second-order valence-corrected chi connectivity index (χ2v) is 8.99. The van der Waals surface area contributed by atoms with Gasteiger partial charge in [0.2, 0.25) is 0 Å². The molecule has 5 rings (SSSR count). The van der Waals surface area contributed by atoms with E-state index in [1.54, 1.807) is 0 Å². The molecule has 1 atom stereocenters. The van der Waals surface area contributed by atoms with E-state index in [0.717, 1.165) is 80.9 Å². The number of furan rings is 1. The molecule has 1 fully saturated rings. The fourth-order valence-electron chi connectivity index (χ4n) is 4.84. The Morgan fingerprint density at radius 2 is 1.97 bits per heavy atom. The standard InChI is InChI=1S/C26H32N4O2/c1-19-10-11-23(32-19)17-30(16-22-9-6-14-31-22)26-24-12-13-29(15-21-7-4-3-5-8-21)18-25(24)27-20(2)28-26/h3-5,7-8,10-11,22H,6,9,12-18H2,1-2H3. The predicted octanol–water partition coefficient (Wildman–Crippen LogP) is 4.43. The van der Waals surface area contributed by atoms with E-state index in [4.69, 9.17) is 19.1 Å². The molecule has 0 spiro atoms. The second-order valence-electron chi connectivity index (χ2n) is 8.99. The van der Waals surface area contributed by atoms with Crippen LogP contribution in [0.25, 0.3) is 0 Å². The summed E-state index contributed by atoms with van der Waals surface area (Å²) in [6.45, 7) is 9.19. The summed E-state index contributed by atoms with van der Waals surface area (Å²) in [5.74, 6) is 3.78. The Kier molecular flexibility index (Phi) is 6.23. The predicted molar refractivity (Wildman–Crippen MR) is 124 cm³/mol. The minimum atomic E-state index is 0.246. The molecule has 2 aliphatic rings. The topological polar surface area (TPSA) is 54.6 Å². The van der Waals surface area contributed by atoms with E-state index in [1.807, 2.05) is 19.9 Å². The minimum Gasteiger partial charge on any atom is -0.464 e. The molecule has 0 aliphatic carbocycles. The summed E-state index contributed by atoms with van der Waals surface area (Å²) < 4.78 is 11.9. The van der Waals surface area contributed by atoms with Crippen molar-refractivity contribution >= 4 is 5.82 Å². The van der Waals surface area contributed by atoms with Crippen LogP contribution in [-0.2, 0) is 30.8 Å². The molecule has 2 aromatic heterocycles. The molecule has 0 bridgehead atoms. The highest BCUT2D eigenvalue weighted by Crippen LogP contribution is 2.30. The van der Waals surface area contributed by atoms with E-state index in [-0.39, 0.29) is 6.10 Å². The smallest absolute Gasteiger partial charge is 0.136 e. The molecule has 2 aliphatic heterocycles. The first-order valence-electron chi connectivity index (χ1n) is 11.7. The number of ether oxygens (including phenoxy) is 1. The molecule has 0 saturated carbocycles. The zero-order valence-corrected chi connectivity index (χ0v) is 19.1. The van der Waals surface area contributed by atoms with E-state index in [1.165, 1.54) is 11.1 Å². The molecule has 4 heterocycles. The van der Waals surface area contributed by atoms with Gasteiger partial charge in [-0.3, -0.25) is 4.90 Å². The molecule has 1 unspecified atom stereocenters. The van der Waals surface area contributed by atoms with Gasteiger partial charge in [0.15, 0.2) is 0 Å². The lowest BCUT2D eigenvalue weighted by molar-refractivity contribution is 0.115. The molecule has 0 radical (unpaired) electrons. The van der Waals surface area contributed by atoms with Gasteiger partial charge in [-0.15, -0.1) is 0 Å². The number of hydrogen-bond acceptors (Lipinski definition) is 6. The van der Waals surface area contributed by atoms with Gasteiger partial charge in [-0.1, -0.05) is 30.3 Å². The van der Waals surface area contributed by atoms with Gasteiger partial charge < -0.3 is 14.1 Å². The van der Waals surface area contributed by atoms with Gasteiger partial charge in [0.25, 0.3) is 0 Å². The number of anilines is 1. The van der Waals surface area contributed by atoms with E-state index in [0.29, 0.717) is 6.54 Å². The average Bonchev–Trinajstić information content (AvgIpc) is 3.45. The summed E-state index contributed by atoms with van der Waals surface area (Å²) in [6.07, 6.45) is 3.44. The van der Waals surface area contributed by atoms with Gasteiger partial charge in [0.05, 0.1) is 18.3 Å². The Morgan fingerprint density at radius 3 is 2.72 bits per heavy atom. The molecule has 3 aromatic rings. The van der Waals surface area contributed by atoms with E-state index in [2.05, 4.69) is 46.2 Å². The summed E-state index contributed by atoms with van der Waals surface area (Å²) >= 11 is 0. The van der Waals surface area contributed by atoms with Crippen LogP contribution in [0.2, 0.25) is 0 Å². The lowest BCUT2D eigenvalue weighted by Gasteiger charge is -2.33. The third-order valence-electron chi connectivity index (χ3n) is 6.37. The first kappa shape index (κ1) is 21.2. The number of aryl methyl sites for hydroxylation is 2. The Morgan fingerprint density at radius 1 is 1.09 bits per heavy atom. The molecular weight excluding hydrogens is 400 g/mol. The summed E-state index contributed by atoms with van der Waals surface area (Å²) in [5, 5.41) is 0. The molecule has 32 heavy (non-hydrogen) atoms. The zero-order valence-electron chi connectivity index (χ0n) is 19.1. The van der Waals surface area contributed by atoms with Gasteiger partial charge in [-0.05, 0) is 50.8 Å². The van der Waals surface area contributed by atoms with Gasteiger partial charge in [-0.2, -0.15) is 0 Å². The third kappa shape index (κ3) is 4.87. The van der Waals surface area contributed by atoms with Crippen LogP contribution in [0.1, 0.15) is 47.0 Å². The van der Waals surface area contributed by atoms with Gasteiger partial charge in [0, 0.05) is 38.3 Å². The van der Waals surface area contributed by atoms with Crippen LogP contribution in [0.3, 0.4) is 0 Å². The Bertz CT molecular complexity index is 1040. The number of hydrogen-bond donors (Lipinski definition) is 0. The Hall–Kier alpha value is -2.70. The maximum absolute atomic E-state index is 5.98. The molecule has 6 nitrogen and oxygen atoms in total. The van der Waals surface area contributed by atoms with Crippen molar-refractivity contribution in [3.63, 3.8) is 0 Å². The quantitative estimate of drug-likeness (QED) is 0.551. The average molecular weight is 433 g/mol. The highest BCUT2D eigenvalue weighted by Gasteiger charge is 2.27. The number of benzene rings is 1. The molecule has 1 aromatic carbocycles. The van der Waals surface area contributed by atoms with Crippen molar-refractivity contribution in [3.05, 3.63) is 76.6 Å². The molecule has 6 heteroatoms. The van der Waals surface area contributed by atoms with Gasteiger partial charge >= 0.3 is 0 Å². The number of nitrogens with zero attached hydrogens (tertiary/aromatic N) is 4. The zero-order chi connectivity index (χ0) is 21.9. The lowest BCUT2D eigenvalue weighted by Crippen LogP contribution is -2.36. The van der Waals surface area contributed by atoms with Crippen LogP contribution in [0.15, 0.2) is 46.9 Å². The third-order valence-corrected chi connectivity index (χ3v) is 6.37. The van der Waals surface area contributed by atoms with Gasteiger partial charge in [0.1, 0.15) is 23.2 Å². The number of rotatable bonds is 7. The summed E-state index contributed by atoms with van der Waals surface area (Å²) in [6, 6.07) is 14.8. The van der Waals surface area contributed by atoms with Crippen LogP contribution in [0.5, 0.6) is 0 Å². The van der Waals surface area contributed by atoms with Crippen molar-refractivity contribution in [2.75, 3.05) is 24.6 Å². The molecular formula is C26H32N4O2. The van der Waals surface area contributed by atoms with Crippen LogP contribution in [0, 0.1) is 13.8 Å². The Labute approximate surface area is 190 Å². The minimum absolute atomic E-state index is 0.246. The van der Waals surface area contributed by atoms with Gasteiger partial charge in [-0.25, -0.2) is 9.97 Å².